The Labute approximate surface area is 44.4 Å². The maximum atomic E-state index is 10.4. The van der Waals surface area contributed by atoms with Crippen LogP contribution in [0.2, 0.25) is 0 Å². The van der Waals surface area contributed by atoms with Crippen molar-refractivity contribution in [2.24, 2.45) is 0 Å². The summed E-state index contributed by atoms with van der Waals surface area (Å²) in [6.45, 7) is 0.888. The van der Waals surface area contributed by atoms with E-state index in [0.29, 0.717) is 0 Å². The second-order valence-electron chi connectivity index (χ2n) is 1.81. The van der Waals surface area contributed by atoms with Gasteiger partial charge in [-0.05, 0) is 12.8 Å². The van der Waals surface area contributed by atoms with Crippen molar-refractivity contribution < 1.29 is 6.22 Å². The zero-order valence-corrected chi connectivity index (χ0v) is 4.24. The molecular weight excluding hydrogens is 90.1 g/mol. The summed E-state index contributed by atoms with van der Waals surface area (Å²) in [5.41, 5.74) is 0. The Balaban J connectivity index is 0.000000490. The number of rotatable bonds is 0. The molecule has 1 amide bonds. The minimum atomic E-state index is 0. The monoisotopic (exact) mass is 101 g/mol. The molecule has 1 N–H and O–H groups in total. The lowest BCUT2D eigenvalue weighted by atomic mass is 10.2. The molecule has 0 aromatic rings. The second-order valence-corrected chi connectivity index (χ2v) is 1.81. The van der Waals surface area contributed by atoms with E-state index in [2.05, 4.69) is 5.32 Å². The van der Waals surface area contributed by atoms with Gasteiger partial charge >= 0.3 is 0 Å². The molecule has 0 radical (unpaired) electrons. The Kier molecular flexibility index (Phi) is 1.29. The average molecular weight is 101 g/mol. The van der Waals surface area contributed by atoms with Crippen molar-refractivity contribution in [2.45, 2.75) is 19.3 Å². The van der Waals surface area contributed by atoms with E-state index in [1.165, 1.54) is 0 Å². The molecule has 0 spiro atoms. The Hall–Kier alpha value is -0.530. The summed E-state index contributed by atoms with van der Waals surface area (Å²) < 4.78 is 0. The average Bonchev–Trinajstić information content (AvgIpc) is 1.69. The Morgan fingerprint density at radius 1 is 1.57 bits per heavy atom. The first kappa shape index (κ1) is 4.62. The number of nitrogens with one attached hydrogen (secondary N) is 1. The fourth-order valence-corrected chi connectivity index (χ4v) is 0.727. The number of carbonyl (C=O) groups excluding carboxylic acids is 1. The van der Waals surface area contributed by atoms with Gasteiger partial charge in [0.2, 0.25) is 5.91 Å². The van der Waals surface area contributed by atoms with E-state index in [0.717, 1.165) is 25.8 Å². The molecule has 1 aliphatic rings. The quantitative estimate of drug-likeness (QED) is 0.474. The van der Waals surface area contributed by atoms with Crippen molar-refractivity contribution in [3.05, 3.63) is 0 Å². The predicted molar refractivity (Wildman–Crippen MR) is 29.0 cm³/mol. The van der Waals surface area contributed by atoms with Gasteiger partial charge in [0.25, 0.3) is 0 Å². The van der Waals surface area contributed by atoms with E-state index in [-0.39, 0.29) is 7.33 Å². The third kappa shape index (κ3) is 1.18. The van der Waals surface area contributed by atoms with Gasteiger partial charge in [0.05, 0.1) is 0 Å². The van der Waals surface area contributed by atoms with E-state index in [1.807, 2.05) is 0 Å². The van der Waals surface area contributed by atoms with Crippen molar-refractivity contribution in [1.82, 2.24) is 5.32 Å². The molecule has 2 heteroatoms. The van der Waals surface area contributed by atoms with Crippen LogP contribution in [0.4, 0.5) is 0 Å². The molecule has 1 rings (SSSR count). The van der Waals surface area contributed by atoms with Crippen molar-refractivity contribution in [2.75, 3.05) is 6.54 Å². The van der Waals surface area contributed by atoms with Crippen LogP contribution in [-0.4, -0.2) is 12.5 Å². The van der Waals surface area contributed by atoms with Gasteiger partial charge in [-0.2, -0.15) is 0 Å². The lowest BCUT2D eigenvalue weighted by Gasteiger charge is -2.08. The van der Waals surface area contributed by atoms with Crippen molar-refractivity contribution in [3.8, 4) is 0 Å². The minimum Gasteiger partial charge on any atom is -0.356 e. The van der Waals surface area contributed by atoms with Gasteiger partial charge in [-0.3, -0.25) is 4.79 Å². The fraction of sp³-hybridized carbons (Fsp3) is 0.800. The van der Waals surface area contributed by atoms with E-state index in [4.69, 9.17) is 0 Å². The van der Waals surface area contributed by atoms with Crippen LogP contribution in [0, 0.1) is 0 Å². The maximum Gasteiger partial charge on any atom is 0.219 e. The lowest BCUT2D eigenvalue weighted by Crippen LogP contribution is -2.28. The summed E-state index contributed by atoms with van der Waals surface area (Å²) >= 11 is 0. The zero-order valence-electron chi connectivity index (χ0n) is 4.24. The fourth-order valence-electron chi connectivity index (χ4n) is 0.727. The predicted octanol–water partition coefficient (Wildman–Crippen LogP) is 0.532. The van der Waals surface area contributed by atoms with Crippen LogP contribution in [-0.2, 0) is 4.79 Å². The molecule has 42 valence electrons. The topological polar surface area (TPSA) is 29.1 Å². The molecule has 0 bridgehead atoms. The number of carbonyl (C=O) groups is 1. The molecule has 7 heavy (non-hydrogen) atoms. The molecule has 0 unspecified atom stereocenters. The second kappa shape index (κ2) is 1.96. The first-order chi connectivity index (χ1) is 3.39. The standard InChI is InChI=1S/C5H9NO.H2/c7-5-3-1-2-4-6-5;/h1-4H2,(H,6,7);1H. The molecule has 0 atom stereocenters. The summed E-state index contributed by atoms with van der Waals surface area (Å²) in [6, 6.07) is 0. The van der Waals surface area contributed by atoms with Gasteiger partial charge in [-0.15, -0.1) is 0 Å². The van der Waals surface area contributed by atoms with Crippen LogP contribution in [0.5, 0.6) is 0 Å². The van der Waals surface area contributed by atoms with Crippen LogP contribution in [0.3, 0.4) is 0 Å². The molecule has 0 aromatic heterocycles. The highest BCUT2D eigenvalue weighted by Crippen LogP contribution is 1.98. The summed E-state index contributed by atoms with van der Waals surface area (Å²) in [6.07, 6.45) is 2.97. The van der Waals surface area contributed by atoms with Crippen LogP contribution in [0.1, 0.15) is 20.7 Å². The SMILES string of the molecule is O=C1CCCCN1.[HH]. The summed E-state index contributed by atoms with van der Waals surface area (Å²) in [5, 5.41) is 2.74. The van der Waals surface area contributed by atoms with Crippen molar-refractivity contribution in [3.63, 3.8) is 0 Å². The van der Waals surface area contributed by atoms with Gasteiger partial charge in [0.1, 0.15) is 0 Å². The van der Waals surface area contributed by atoms with Gasteiger partial charge in [-0.1, -0.05) is 0 Å². The molecule has 0 saturated carbocycles. The van der Waals surface area contributed by atoms with Crippen LogP contribution in [0.25, 0.3) is 0 Å². The number of amides is 1. The molecule has 1 heterocycles. The lowest BCUT2D eigenvalue weighted by molar-refractivity contribution is -0.122. The van der Waals surface area contributed by atoms with Gasteiger partial charge in [-0.25, -0.2) is 0 Å². The van der Waals surface area contributed by atoms with Crippen LogP contribution < -0.4 is 5.32 Å². The highest BCUT2D eigenvalue weighted by Gasteiger charge is 2.04. The highest BCUT2D eigenvalue weighted by molar-refractivity contribution is 5.76. The Morgan fingerprint density at radius 2 is 2.43 bits per heavy atom. The number of piperidine rings is 1. The third-order valence-electron chi connectivity index (χ3n) is 1.15. The Bertz CT molecular complexity index is 76.5. The normalized spacial score (nSPS) is 21.4. The number of hydrogen-bond donors (Lipinski definition) is 1. The molecule has 1 fully saturated rings. The highest BCUT2D eigenvalue weighted by atomic mass is 16.1. The van der Waals surface area contributed by atoms with Crippen molar-refractivity contribution in [1.29, 1.82) is 0 Å². The first-order valence-corrected chi connectivity index (χ1v) is 2.66. The summed E-state index contributed by atoms with van der Waals surface area (Å²) in [7, 11) is 0. The first-order valence-electron chi connectivity index (χ1n) is 2.66. The molecule has 1 saturated heterocycles. The van der Waals surface area contributed by atoms with Gasteiger partial charge < -0.3 is 5.32 Å². The molecule has 1 aliphatic heterocycles. The van der Waals surface area contributed by atoms with E-state index < -0.39 is 0 Å². The zero-order chi connectivity index (χ0) is 5.11. The smallest absolute Gasteiger partial charge is 0.219 e. The molecule has 2 nitrogen and oxygen atoms in total. The molecular formula is C5H11NO. The maximum absolute atomic E-state index is 10.4. The van der Waals surface area contributed by atoms with Gasteiger partial charge in [0.15, 0.2) is 0 Å². The third-order valence-corrected chi connectivity index (χ3v) is 1.15. The molecule has 0 aromatic carbocycles. The summed E-state index contributed by atoms with van der Waals surface area (Å²) in [4.78, 5) is 10.4. The largest absolute Gasteiger partial charge is 0.356 e. The van der Waals surface area contributed by atoms with Gasteiger partial charge in [0, 0.05) is 14.4 Å². The molecule has 0 aliphatic carbocycles. The van der Waals surface area contributed by atoms with E-state index >= 15 is 0 Å². The van der Waals surface area contributed by atoms with Crippen LogP contribution >= 0.6 is 0 Å². The number of hydrogen-bond acceptors (Lipinski definition) is 1. The van der Waals surface area contributed by atoms with Crippen molar-refractivity contribution >= 4 is 5.91 Å². The minimum absolute atomic E-state index is 0. The Morgan fingerprint density at radius 3 is 2.71 bits per heavy atom. The van der Waals surface area contributed by atoms with Crippen LogP contribution in [0.15, 0.2) is 0 Å². The van der Waals surface area contributed by atoms with E-state index in [9.17, 15) is 4.79 Å². The van der Waals surface area contributed by atoms with E-state index in [1.54, 1.807) is 0 Å². The summed E-state index contributed by atoms with van der Waals surface area (Å²) in [5.74, 6) is 0.214.